The van der Waals surface area contributed by atoms with Gasteiger partial charge >= 0.3 is 0 Å². The zero-order valence-corrected chi connectivity index (χ0v) is 19.1. The van der Waals surface area contributed by atoms with Gasteiger partial charge in [-0.2, -0.15) is 10.2 Å². The molecule has 6 unspecified atom stereocenters. The average molecular weight is 435 g/mol. The Balaban J connectivity index is 1.14. The summed E-state index contributed by atoms with van der Waals surface area (Å²) in [6.45, 7) is 4.05. The Morgan fingerprint density at radius 1 is 0.688 bits per heavy atom. The van der Waals surface area contributed by atoms with Crippen molar-refractivity contribution in [2.24, 2.45) is 45.7 Å². The molecule has 4 fully saturated rings. The van der Waals surface area contributed by atoms with Crippen LogP contribution in [0.5, 0.6) is 0 Å². The van der Waals surface area contributed by atoms with Crippen molar-refractivity contribution in [3.05, 3.63) is 35.4 Å². The number of carbonyl (C=O) groups is 2. The van der Waals surface area contributed by atoms with Crippen LogP contribution >= 0.6 is 0 Å². The van der Waals surface area contributed by atoms with Crippen LogP contribution in [0.1, 0.15) is 85.9 Å². The lowest BCUT2D eigenvalue weighted by molar-refractivity contribution is 0.0942. The molecule has 6 heteroatoms. The highest BCUT2D eigenvalue weighted by Gasteiger charge is 2.41. The van der Waals surface area contributed by atoms with Crippen LogP contribution in [-0.4, -0.2) is 23.2 Å². The molecule has 4 aliphatic carbocycles. The van der Waals surface area contributed by atoms with Crippen molar-refractivity contribution in [1.82, 2.24) is 10.9 Å². The van der Waals surface area contributed by atoms with Gasteiger partial charge in [-0.05, 0) is 100 Å². The Labute approximate surface area is 190 Å². The SMILES string of the molecule is CC(=NNC(=O)c1ccc(C(=O)NN=C(C)C2CC3CCC2C3)cc1)C1CC2CCC1C2. The lowest BCUT2D eigenvalue weighted by atomic mass is 9.86. The van der Waals surface area contributed by atoms with Crippen LogP contribution in [0.25, 0.3) is 0 Å². The number of fused-ring (bicyclic) bond motifs is 4. The monoisotopic (exact) mass is 434 g/mol. The van der Waals surface area contributed by atoms with E-state index in [0.717, 1.165) is 35.1 Å². The first kappa shape index (κ1) is 21.4. The molecule has 4 bridgehead atoms. The average Bonchev–Trinajstić information content (AvgIpc) is 3.62. The number of rotatable bonds is 6. The quantitative estimate of drug-likeness (QED) is 0.499. The molecule has 4 aliphatic rings. The number of nitrogens with zero attached hydrogens (tertiary/aromatic N) is 2. The van der Waals surface area contributed by atoms with Gasteiger partial charge in [0.1, 0.15) is 0 Å². The molecule has 1 aromatic carbocycles. The Morgan fingerprint density at radius 2 is 1.09 bits per heavy atom. The van der Waals surface area contributed by atoms with Crippen molar-refractivity contribution in [2.45, 2.75) is 65.2 Å². The molecule has 6 nitrogen and oxygen atoms in total. The minimum atomic E-state index is -0.246. The van der Waals surface area contributed by atoms with E-state index in [2.05, 4.69) is 21.1 Å². The van der Waals surface area contributed by atoms with E-state index in [1.165, 1.54) is 51.4 Å². The normalized spacial score (nSPS) is 33.6. The second kappa shape index (κ2) is 8.80. The standard InChI is InChI=1S/C26H34N4O2/c1-15(23-13-17-3-5-21(23)11-17)27-29-25(31)19-7-9-20(10-8-19)26(32)30-28-16(2)24-14-18-4-6-22(24)12-18/h7-10,17-18,21-24H,3-6,11-14H2,1-2H3,(H,29,31)(H,30,32). The number of carbonyl (C=O) groups excluding carboxylic acids is 2. The van der Waals surface area contributed by atoms with E-state index >= 15 is 0 Å². The van der Waals surface area contributed by atoms with Gasteiger partial charge < -0.3 is 0 Å². The number of hydrogen-bond donors (Lipinski definition) is 2. The summed E-state index contributed by atoms with van der Waals surface area (Å²) in [6, 6.07) is 6.66. The molecule has 0 aliphatic heterocycles. The molecule has 0 spiro atoms. The fourth-order valence-electron chi connectivity index (χ4n) is 6.86. The van der Waals surface area contributed by atoms with Crippen molar-refractivity contribution in [3.63, 3.8) is 0 Å². The van der Waals surface area contributed by atoms with Crippen LogP contribution < -0.4 is 10.9 Å². The van der Waals surface area contributed by atoms with E-state index in [0.29, 0.717) is 23.0 Å². The van der Waals surface area contributed by atoms with Crippen molar-refractivity contribution < 1.29 is 9.59 Å². The van der Waals surface area contributed by atoms with Crippen LogP contribution in [0.2, 0.25) is 0 Å². The Kier molecular flexibility index (Phi) is 5.87. The highest BCUT2D eigenvalue weighted by molar-refractivity contribution is 5.99. The summed E-state index contributed by atoms with van der Waals surface area (Å²) in [5.74, 6) is 3.74. The summed E-state index contributed by atoms with van der Waals surface area (Å²) < 4.78 is 0. The van der Waals surface area contributed by atoms with Gasteiger partial charge in [0.15, 0.2) is 0 Å². The lowest BCUT2D eigenvalue weighted by Gasteiger charge is -2.21. The molecule has 5 rings (SSSR count). The van der Waals surface area contributed by atoms with Crippen molar-refractivity contribution in [1.29, 1.82) is 0 Å². The first-order valence-corrected chi connectivity index (χ1v) is 12.3. The van der Waals surface area contributed by atoms with Crippen LogP contribution in [0.3, 0.4) is 0 Å². The largest absolute Gasteiger partial charge is 0.271 e. The molecule has 6 atom stereocenters. The van der Waals surface area contributed by atoms with Crippen molar-refractivity contribution >= 4 is 23.2 Å². The second-order valence-electron chi connectivity index (χ2n) is 10.5. The minimum Gasteiger partial charge on any atom is -0.267 e. The summed E-state index contributed by atoms with van der Waals surface area (Å²) in [5, 5.41) is 8.76. The smallest absolute Gasteiger partial charge is 0.267 e. The van der Waals surface area contributed by atoms with Gasteiger partial charge in [-0.1, -0.05) is 12.8 Å². The second-order valence-corrected chi connectivity index (χ2v) is 10.5. The summed E-state index contributed by atoms with van der Waals surface area (Å²) in [4.78, 5) is 25.0. The van der Waals surface area contributed by atoms with Crippen LogP contribution in [-0.2, 0) is 0 Å². The molecule has 0 aromatic heterocycles. The Morgan fingerprint density at radius 3 is 1.41 bits per heavy atom. The highest BCUT2D eigenvalue weighted by Crippen LogP contribution is 2.49. The van der Waals surface area contributed by atoms with E-state index in [1.54, 1.807) is 24.3 Å². The van der Waals surface area contributed by atoms with Gasteiger partial charge in [-0.25, -0.2) is 10.9 Å². The molecule has 2 amide bonds. The van der Waals surface area contributed by atoms with Crippen LogP contribution in [0.4, 0.5) is 0 Å². The summed E-state index contributed by atoms with van der Waals surface area (Å²) in [6.07, 6.45) is 10.4. The van der Waals surface area contributed by atoms with Crippen molar-refractivity contribution in [3.8, 4) is 0 Å². The van der Waals surface area contributed by atoms with E-state index in [4.69, 9.17) is 0 Å². The van der Waals surface area contributed by atoms with E-state index < -0.39 is 0 Å². The zero-order valence-electron chi connectivity index (χ0n) is 19.1. The first-order chi connectivity index (χ1) is 15.5. The molecule has 0 saturated heterocycles. The first-order valence-electron chi connectivity index (χ1n) is 12.3. The van der Waals surface area contributed by atoms with Crippen LogP contribution in [0, 0.1) is 35.5 Å². The van der Waals surface area contributed by atoms with Gasteiger partial charge in [-0.3, -0.25) is 9.59 Å². The van der Waals surface area contributed by atoms with Crippen LogP contribution in [0.15, 0.2) is 34.5 Å². The summed E-state index contributed by atoms with van der Waals surface area (Å²) >= 11 is 0. The third kappa shape index (κ3) is 4.24. The maximum atomic E-state index is 12.5. The minimum absolute atomic E-state index is 0.246. The fourth-order valence-corrected chi connectivity index (χ4v) is 6.86. The molecule has 32 heavy (non-hydrogen) atoms. The highest BCUT2D eigenvalue weighted by atomic mass is 16.2. The molecule has 0 radical (unpaired) electrons. The predicted octanol–water partition coefficient (Wildman–Crippen LogP) is 4.77. The van der Waals surface area contributed by atoms with Crippen molar-refractivity contribution in [2.75, 3.05) is 0 Å². The maximum Gasteiger partial charge on any atom is 0.271 e. The Hall–Kier alpha value is -2.50. The zero-order chi connectivity index (χ0) is 22.2. The van der Waals surface area contributed by atoms with E-state index in [-0.39, 0.29) is 11.8 Å². The van der Waals surface area contributed by atoms with E-state index in [9.17, 15) is 9.59 Å². The third-order valence-corrected chi connectivity index (χ3v) is 8.63. The topological polar surface area (TPSA) is 82.9 Å². The van der Waals surface area contributed by atoms with Gasteiger partial charge in [-0.15, -0.1) is 0 Å². The number of benzene rings is 1. The number of nitrogens with one attached hydrogen (secondary N) is 2. The third-order valence-electron chi connectivity index (χ3n) is 8.63. The number of amides is 2. The summed E-state index contributed by atoms with van der Waals surface area (Å²) in [7, 11) is 0. The maximum absolute atomic E-state index is 12.5. The fraction of sp³-hybridized carbons (Fsp3) is 0.615. The predicted molar refractivity (Wildman–Crippen MR) is 125 cm³/mol. The van der Waals surface area contributed by atoms with Gasteiger partial charge in [0.25, 0.3) is 11.8 Å². The molecule has 170 valence electrons. The van der Waals surface area contributed by atoms with Gasteiger partial charge in [0, 0.05) is 34.4 Å². The molecular formula is C26H34N4O2. The van der Waals surface area contributed by atoms with Gasteiger partial charge in [0.2, 0.25) is 0 Å². The Bertz CT molecular complexity index is 874. The molecule has 0 heterocycles. The van der Waals surface area contributed by atoms with Gasteiger partial charge in [0.05, 0.1) is 0 Å². The number of hydrazone groups is 2. The van der Waals surface area contributed by atoms with E-state index in [1.807, 2.05) is 13.8 Å². The number of hydrogen-bond acceptors (Lipinski definition) is 4. The lowest BCUT2D eigenvalue weighted by Crippen LogP contribution is -2.25. The summed E-state index contributed by atoms with van der Waals surface area (Å²) in [5.41, 5.74) is 8.44. The molecule has 1 aromatic rings. The molecule has 4 saturated carbocycles. The molecule has 2 N–H and O–H groups in total. The molecular weight excluding hydrogens is 400 g/mol.